The molecule has 1 heterocycles. The van der Waals surface area contributed by atoms with Gasteiger partial charge >= 0.3 is 6.18 Å². The van der Waals surface area contributed by atoms with Gasteiger partial charge in [-0.05, 0) is 18.9 Å². The van der Waals surface area contributed by atoms with Crippen LogP contribution in [0.3, 0.4) is 0 Å². The number of carbonyl (C=O) groups is 1. The van der Waals surface area contributed by atoms with Crippen molar-refractivity contribution in [3.63, 3.8) is 0 Å². The largest absolute Gasteiger partial charge is 0.468 e. The van der Waals surface area contributed by atoms with Crippen LogP contribution in [-0.2, 0) is 11.3 Å². The molecule has 0 saturated heterocycles. The summed E-state index contributed by atoms with van der Waals surface area (Å²) in [4.78, 5) is 15.9. The number of carbonyl (C=O) groups excluding carboxylic acids is 1. The lowest BCUT2D eigenvalue weighted by molar-refractivity contribution is -0.154. The zero-order chi connectivity index (χ0) is 16.2. The Morgan fingerprint density at radius 3 is 2.73 bits per heavy atom. The Labute approximate surface area is 126 Å². The van der Waals surface area contributed by atoms with Crippen molar-refractivity contribution in [1.82, 2.24) is 10.3 Å². The second-order valence-electron chi connectivity index (χ2n) is 5.42. The Balaban J connectivity index is 1.96. The van der Waals surface area contributed by atoms with Crippen molar-refractivity contribution in [3.05, 3.63) is 23.9 Å². The van der Waals surface area contributed by atoms with E-state index in [1.165, 1.54) is 6.20 Å². The second-order valence-corrected chi connectivity index (χ2v) is 5.42. The van der Waals surface area contributed by atoms with Crippen molar-refractivity contribution >= 4 is 5.91 Å². The highest BCUT2D eigenvalue weighted by molar-refractivity contribution is 5.86. The summed E-state index contributed by atoms with van der Waals surface area (Å²) in [6.45, 7) is -1.40. The van der Waals surface area contributed by atoms with Crippen LogP contribution in [0.1, 0.15) is 31.2 Å². The molecule has 3 N–H and O–H groups in total. The predicted octanol–water partition coefficient (Wildman–Crippen LogP) is 1.91. The number of amides is 1. The van der Waals surface area contributed by atoms with Crippen LogP contribution in [-0.4, -0.2) is 29.2 Å². The number of pyridine rings is 1. The Bertz CT molecular complexity index is 528. The first-order chi connectivity index (χ1) is 10.3. The van der Waals surface area contributed by atoms with E-state index in [1.807, 2.05) is 0 Å². The summed E-state index contributed by atoms with van der Waals surface area (Å²) < 4.78 is 41.3. The van der Waals surface area contributed by atoms with Crippen molar-refractivity contribution < 1.29 is 22.7 Å². The highest BCUT2D eigenvalue weighted by Gasteiger charge is 2.36. The number of alkyl halides is 3. The van der Waals surface area contributed by atoms with E-state index in [9.17, 15) is 18.0 Å². The van der Waals surface area contributed by atoms with Crippen LogP contribution in [0.5, 0.6) is 5.88 Å². The van der Waals surface area contributed by atoms with Crippen molar-refractivity contribution in [3.8, 4) is 5.88 Å². The number of ether oxygens (including phenoxy) is 1. The molecule has 0 unspecified atom stereocenters. The SMILES string of the molecule is NC1(C(=O)NCc2cccnc2OCC(F)(F)F)CCCC1. The molecule has 0 aromatic carbocycles. The number of hydrogen-bond donors (Lipinski definition) is 2. The molecule has 1 aromatic heterocycles. The van der Waals surface area contributed by atoms with Crippen molar-refractivity contribution in [2.45, 2.75) is 43.9 Å². The molecule has 0 atom stereocenters. The first-order valence-corrected chi connectivity index (χ1v) is 7.01. The standard InChI is InChI=1S/C14H18F3N3O2/c15-14(16,17)9-22-11-10(4-3-7-19-11)8-20-12(21)13(18)5-1-2-6-13/h3-4,7H,1-2,5-6,8-9,18H2,(H,20,21). The van der Waals surface area contributed by atoms with Crippen molar-refractivity contribution in [1.29, 1.82) is 0 Å². The second kappa shape index (κ2) is 6.51. The fraction of sp³-hybridized carbons (Fsp3) is 0.571. The minimum atomic E-state index is -4.44. The number of hydrogen-bond acceptors (Lipinski definition) is 4. The lowest BCUT2D eigenvalue weighted by Crippen LogP contribution is -2.51. The van der Waals surface area contributed by atoms with E-state index in [-0.39, 0.29) is 18.3 Å². The topological polar surface area (TPSA) is 77.2 Å². The van der Waals surface area contributed by atoms with Gasteiger partial charge in [-0.2, -0.15) is 13.2 Å². The third kappa shape index (κ3) is 4.33. The van der Waals surface area contributed by atoms with Gasteiger partial charge in [-0.3, -0.25) is 4.79 Å². The van der Waals surface area contributed by atoms with Gasteiger partial charge in [-0.25, -0.2) is 4.98 Å². The maximum atomic E-state index is 12.2. The summed E-state index contributed by atoms with van der Waals surface area (Å²) >= 11 is 0. The molecule has 5 nitrogen and oxygen atoms in total. The average Bonchev–Trinajstić information content (AvgIpc) is 2.90. The van der Waals surface area contributed by atoms with Gasteiger partial charge in [0.05, 0.1) is 5.54 Å². The summed E-state index contributed by atoms with van der Waals surface area (Å²) in [5.41, 5.74) is 5.51. The first kappa shape index (κ1) is 16.5. The van der Waals surface area contributed by atoms with Gasteiger partial charge in [0.15, 0.2) is 6.61 Å². The van der Waals surface area contributed by atoms with E-state index >= 15 is 0 Å². The maximum Gasteiger partial charge on any atom is 0.422 e. The van der Waals surface area contributed by atoms with E-state index in [2.05, 4.69) is 15.0 Å². The molecule has 0 bridgehead atoms. The highest BCUT2D eigenvalue weighted by Crippen LogP contribution is 2.27. The fourth-order valence-corrected chi connectivity index (χ4v) is 2.42. The minimum Gasteiger partial charge on any atom is -0.468 e. The van der Waals surface area contributed by atoms with E-state index in [0.29, 0.717) is 18.4 Å². The van der Waals surface area contributed by atoms with Gasteiger partial charge < -0.3 is 15.8 Å². The monoisotopic (exact) mass is 317 g/mol. The molecular weight excluding hydrogens is 299 g/mol. The number of rotatable bonds is 5. The zero-order valence-electron chi connectivity index (χ0n) is 11.9. The normalized spacial score (nSPS) is 17.3. The third-order valence-corrected chi connectivity index (χ3v) is 3.61. The van der Waals surface area contributed by atoms with E-state index in [4.69, 9.17) is 5.73 Å². The molecule has 0 spiro atoms. The number of halogens is 3. The first-order valence-electron chi connectivity index (χ1n) is 7.01. The summed E-state index contributed by atoms with van der Waals surface area (Å²) in [7, 11) is 0. The molecule has 1 aliphatic rings. The van der Waals surface area contributed by atoms with E-state index in [0.717, 1.165) is 12.8 Å². The van der Waals surface area contributed by atoms with Crippen LogP contribution >= 0.6 is 0 Å². The Morgan fingerprint density at radius 2 is 2.09 bits per heavy atom. The van der Waals surface area contributed by atoms with Gasteiger partial charge in [0.2, 0.25) is 11.8 Å². The van der Waals surface area contributed by atoms with Crippen LogP contribution in [0, 0.1) is 0 Å². The Hall–Kier alpha value is -1.83. The fourth-order valence-electron chi connectivity index (χ4n) is 2.42. The number of nitrogens with zero attached hydrogens (tertiary/aromatic N) is 1. The zero-order valence-corrected chi connectivity index (χ0v) is 11.9. The maximum absolute atomic E-state index is 12.2. The Kier molecular flexibility index (Phi) is 4.90. The van der Waals surface area contributed by atoms with Crippen LogP contribution in [0.25, 0.3) is 0 Å². The molecule has 22 heavy (non-hydrogen) atoms. The van der Waals surface area contributed by atoms with Crippen LogP contribution in [0.4, 0.5) is 13.2 Å². The van der Waals surface area contributed by atoms with Crippen LogP contribution in [0.2, 0.25) is 0 Å². The molecule has 1 aliphatic carbocycles. The summed E-state index contributed by atoms with van der Waals surface area (Å²) in [6, 6.07) is 3.12. The van der Waals surface area contributed by atoms with Gasteiger partial charge in [0.25, 0.3) is 0 Å². The number of nitrogens with one attached hydrogen (secondary N) is 1. The van der Waals surface area contributed by atoms with Gasteiger partial charge in [0.1, 0.15) is 0 Å². The van der Waals surface area contributed by atoms with E-state index < -0.39 is 18.3 Å². The molecule has 1 fully saturated rings. The smallest absolute Gasteiger partial charge is 0.422 e. The lowest BCUT2D eigenvalue weighted by atomic mass is 9.98. The number of aromatic nitrogens is 1. The molecule has 1 saturated carbocycles. The highest BCUT2D eigenvalue weighted by atomic mass is 19.4. The molecule has 2 rings (SSSR count). The minimum absolute atomic E-state index is 0.0266. The summed E-state index contributed by atoms with van der Waals surface area (Å²) in [6.07, 6.45) is -0.0816. The predicted molar refractivity (Wildman–Crippen MR) is 73.0 cm³/mol. The third-order valence-electron chi connectivity index (χ3n) is 3.61. The Morgan fingerprint density at radius 1 is 1.41 bits per heavy atom. The molecule has 0 aliphatic heterocycles. The molecule has 0 radical (unpaired) electrons. The average molecular weight is 317 g/mol. The molecular formula is C14H18F3N3O2. The molecule has 1 aromatic rings. The van der Waals surface area contributed by atoms with Crippen LogP contribution in [0.15, 0.2) is 18.3 Å². The van der Waals surface area contributed by atoms with Crippen molar-refractivity contribution in [2.75, 3.05) is 6.61 Å². The van der Waals surface area contributed by atoms with E-state index in [1.54, 1.807) is 12.1 Å². The molecule has 1 amide bonds. The van der Waals surface area contributed by atoms with Crippen molar-refractivity contribution in [2.24, 2.45) is 5.73 Å². The van der Waals surface area contributed by atoms with Gasteiger partial charge in [-0.15, -0.1) is 0 Å². The summed E-state index contributed by atoms with van der Waals surface area (Å²) in [5, 5.41) is 2.65. The number of nitrogens with two attached hydrogens (primary N) is 1. The summed E-state index contributed by atoms with van der Waals surface area (Å²) in [5.74, 6) is -0.437. The lowest BCUT2D eigenvalue weighted by Gasteiger charge is -2.22. The van der Waals surface area contributed by atoms with Crippen LogP contribution < -0.4 is 15.8 Å². The van der Waals surface area contributed by atoms with Gasteiger partial charge in [-0.1, -0.05) is 18.9 Å². The quantitative estimate of drug-likeness (QED) is 0.870. The molecule has 8 heteroatoms. The van der Waals surface area contributed by atoms with Gasteiger partial charge in [0, 0.05) is 18.3 Å². The molecule has 122 valence electrons.